The number of carbonyl (C=O) groups excluding carboxylic acids is 1. The van der Waals surface area contributed by atoms with Crippen LogP contribution in [-0.4, -0.2) is 40.6 Å². The highest BCUT2D eigenvalue weighted by Crippen LogP contribution is 2.04. The fourth-order valence-electron chi connectivity index (χ4n) is 1.37. The van der Waals surface area contributed by atoms with E-state index in [2.05, 4.69) is 4.98 Å². The number of aliphatic hydroxyl groups excluding tert-OH is 1. The quantitative estimate of drug-likeness (QED) is 0.817. The molecule has 5 heteroatoms. The monoisotopic (exact) mass is 226 g/mol. The number of aliphatic hydroxyl groups is 1. The van der Waals surface area contributed by atoms with Gasteiger partial charge in [-0.15, -0.1) is 0 Å². The largest absolute Gasteiger partial charge is 0.395 e. The van der Waals surface area contributed by atoms with Crippen LogP contribution in [-0.2, 0) is 0 Å². The highest BCUT2D eigenvalue weighted by molar-refractivity contribution is 5.92. The van der Waals surface area contributed by atoms with Crippen molar-refractivity contribution in [3.8, 4) is 0 Å². The summed E-state index contributed by atoms with van der Waals surface area (Å²) < 4.78 is 12.6. The summed E-state index contributed by atoms with van der Waals surface area (Å²) in [6, 6.07) is 2.54. The van der Waals surface area contributed by atoms with E-state index >= 15 is 0 Å². The van der Waals surface area contributed by atoms with E-state index < -0.39 is 5.82 Å². The Morgan fingerprint density at radius 1 is 1.50 bits per heavy atom. The van der Waals surface area contributed by atoms with Crippen molar-refractivity contribution in [1.82, 2.24) is 9.88 Å². The predicted molar refractivity (Wildman–Crippen MR) is 57.5 cm³/mol. The third kappa shape index (κ3) is 3.27. The first kappa shape index (κ1) is 12.6. The molecule has 0 radical (unpaired) electrons. The molecule has 1 aromatic rings. The molecule has 1 rings (SSSR count). The van der Waals surface area contributed by atoms with E-state index in [0.717, 1.165) is 12.6 Å². The fraction of sp³-hybridized carbons (Fsp3) is 0.455. The van der Waals surface area contributed by atoms with Crippen molar-refractivity contribution in [3.05, 3.63) is 29.8 Å². The SMILES string of the molecule is CCCN(CCO)C(=O)c1ccc(F)cn1. The molecular formula is C11H15FN2O2. The Balaban J connectivity index is 2.77. The molecular weight excluding hydrogens is 211 g/mol. The van der Waals surface area contributed by atoms with Crippen molar-refractivity contribution in [2.75, 3.05) is 19.7 Å². The van der Waals surface area contributed by atoms with Crippen molar-refractivity contribution < 1.29 is 14.3 Å². The summed E-state index contributed by atoms with van der Waals surface area (Å²) in [7, 11) is 0. The molecule has 0 saturated heterocycles. The molecule has 1 amide bonds. The lowest BCUT2D eigenvalue weighted by Crippen LogP contribution is -2.34. The first-order valence-electron chi connectivity index (χ1n) is 5.20. The van der Waals surface area contributed by atoms with Crippen LogP contribution in [0.4, 0.5) is 4.39 Å². The van der Waals surface area contributed by atoms with Gasteiger partial charge in [-0.3, -0.25) is 4.79 Å². The Kier molecular flexibility index (Phi) is 4.85. The summed E-state index contributed by atoms with van der Waals surface area (Å²) in [5, 5.41) is 8.83. The Morgan fingerprint density at radius 2 is 2.25 bits per heavy atom. The highest BCUT2D eigenvalue weighted by atomic mass is 19.1. The molecule has 1 N–H and O–H groups in total. The van der Waals surface area contributed by atoms with Crippen LogP contribution in [0.25, 0.3) is 0 Å². The minimum Gasteiger partial charge on any atom is -0.395 e. The lowest BCUT2D eigenvalue weighted by Gasteiger charge is -2.20. The molecule has 0 spiro atoms. The zero-order valence-electron chi connectivity index (χ0n) is 9.19. The third-order valence-electron chi connectivity index (χ3n) is 2.10. The van der Waals surface area contributed by atoms with Gasteiger partial charge in [0.05, 0.1) is 12.8 Å². The standard InChI is InChI=1S/C11H15FN2O2/c1-2-5-14(6-7-15)11(16)10-4-3-9(12)8-13-10/h3-4,8,15H,2,5-7H2,1H3. The zero-order valence-corrected chi connectivity index (χ0v) is 9.19. The van der Waals surface area contributed by atoms with Crippen LogP contribution in [0.2, 0.25) is 0 Å². The maximum Gasteiger partial charge on any atom is 0.272 e. The zero-order chi connectivity index (χ0) is 12.0. The molecule has 88 valence electrons. The van der Waals surface area contributed by atoms with Gasteiger partial charge in [-0.1, -0.05) is 6.92 Å². The summed E-state index contributed by atoms with van der Waals surface area (Å²) in [6.45, 7) is 2.67. The summed E-state index contributed by atoms with van der Waals surface area (Å²) in [4.78, 5) is 17.1. The number of hydrogen-bond acceptors (Lipinski definition) is 3. The second-order valence-corrected chi connectivity index (χ2v) is 3.38. The second kappa shape index (κ2) is 6.17. The summed E-state index contributed by atoms with van der Waals surface area (Å²) in [5.74, 6) is -0.753. The van der Waals surface area contributed by atoms with Crippen molar-refractivity contribution in [3.63, 3.8) is 0 Å². The van der Waals surface area contributed by atoms with Crippen molar-refractivity contribution >= 4 is 5.91 Å². The molecule has 0 unspecified atom stereocenters. The molecule has 0 aliphatic heterocycles. The Labute approximate surface area is 93.7 Å². The second-order valence-electron chi connectivity index (χ2n) is 3.38. The van der Waals surface area contributed by atoms with Gasteiger partial charge in [0.1, 0.15) is 11.5 Å². The van der Waals surface area contributed by atoms with Crippen molar-refractivity contribution in [2.45, 2.75) is 13.3 Å². The Bertz CT molecular complexity index is 334. The predicted octanol–water partition coefficient (Wildman–Crippen LogP) is 1.07. The third-order valence-corrected chi connectivity index (χ3v) is 2.10. The van der Waals surface area contributed by atoms with Gasteiger partial charge in [-0.05, 0) is 18.6 Å². The van der Waals surface area contributed by atoms with Crippen LogP contribution in [0.1, 0.15) is 23.8 Å². The molecule has 0 aliphatic carbocycles. The van der Waals surface area contributed by atoms with E-state index in [-0.39, 0.29) is 24.8 Å². The number of halogens is 1. The number of aromatic nitrogens is 1. The van der Waals surface area contributed by atoms with Gasteiger partial charge < -0.3 is 10.0 Å². The van der Waals surface area contributed by atoms with E-state index in [4.69, 9.17) is 5.11 Å². The van der Waals surface area contributed by atoms with E-state index in [1.165, 1.54) is 17.0 Å². The number of hydrogen-bond donors (Lipinski definition) is 1. The maximum atomic E-state index is 12.6. The van der Waals surface area contributed by atoms with Crippen LogP contribution >= 0.6 is 0 Å². The van der Waals surface area contributed by atoms with E-state index in [0.29, 0.717) is 6.54 Å². The molecule has 0 atom stereocenters. The molecule has 0 aromatic carbocycles. The number of pyridine rings is 1. The van der Waals surface area contributed by atoms with Gasteiger partial charge in [-0.2, -0.15) is 0 Å². The first-order chi connectivity index (χ1) is 7.69. The number of nitrogens with zero attached hydrogens (tertiary/aromatic N) is 2. The Hall–Kier alpha value is -1.49. The van der Waals surface area contributed by atoms with Crippen LogP contribution in [0.5, 0.6) is 0 Å². The van der Waals surface area contributed by atoms with Gasteiger partial charge in [0.2, 0.25) is 0 Å². The molecule has 0 saturated carbocycles. The minimum absolute atomic E-state index is 0.0903. The van der Waals surface area contributed by atoms with E-state index in [9.17, 15) is 9.18 Å². The highest BCUT2D eigenvalue weighted by Gasteiger charge is 2.15. The van der Waals surface area contributed by atoms with Gasteiger partial charge in [0, 0.05) is 13.1 Å². The van der Waals surface area contributed by atoms with Crippen molar-refractivity contribution in [2.24, 2.45) is 0 Å². The van der Waals surface area contributed by atoms with Crippen molar-refractivity contribution in [1.29, 1.82) is 0 Å². The van der Waals surface area contributed by atoms with Crippen LogP contribution in [0.15, 0.2) is 18.3 Å². The molecule has 0 aliphatic rings. The maximum absolute atomic E-state index is 12.6. The number of rotatable bonds is 5. The van der Waals surface area contributed by atoms with Gasteiger partial charge in [0.15, 0.2) is 0 Å². The molecule has 1 heterocycles. The smallest absolute Gasteiger partial charge is 0.272 e. The number of amides is 1. The summed E-state index contributed by atoms with van der Waals surface area (Å²) in [6.07, 6.45) is 1.81. The summed E-state index contributed by atoms with van der Waals surface area (Å²) >= 11 is 0. The first-order valence-corrected chi connectivity index (χ1v) is 5.20. The molecule has 16 heavy (non-hydrogen) atoms. The molecule has 1 aromatic heterocycles. The average molecular weight is 226 g/mol. The lowest BCUT2D eigenvalue weighted by molar-refractivity contribution is 0.0716. The van der Waals surface area contributed by atoms with Crippen LogP contribution < -0.4 is 0 Å². The average Bonchev–Trinajstić information content (AvgIpc) is 2.29. The molecule has 0 bridgehead atoms. The fourth-order valence-corrected chi connectivity index (χ4v) is 1.37. The van der Waals surface area contributed by atoms with Gasteiger partial charge in [-0.25, -0.2) is 9.37 Å². The normalized spacial score (nSPS) is 10.2. The van der Waals surface area contributed by atoms with Gasteiger partial charge >= 0.3 is 0 Å². The van der Waals surface area contributed by atoms with Gasteiger partial charge in [0.25, 0.3) is 5.91 Å². The topological polar surface area (TPSA) is 53.4 Å². The lowest BCUT2D eigenvalue weighted by atomic mass is 10.3. The Morgan fingerprint density at radius 3 is 2.75 bits per heavy atom. The molecule has 4 nitrogen and oxygen atoms in total. The number of carbonyl (C=O) groups is 1. The van der Waals surface area contributed by atoms with E-state index in [1.54, 1.807) is 0 Å². The summed E-state index contributed by atoms with van der Waals surface area (Å²) in [5.41, 5.74) is 0.198. The minimum atomic E-state index is -0.472. The van der Waals surface area contributed by atoms with Crippen LogP contribution in [0, 0.1) is 5.82 Å². The van der Waals surface area contributed by atoms with Crippen LogP contribution in [0.3, 0.4) is 0 Å². The van der Waals surface area contributed by atoms with E-state index in [1.807, 2.05) is 6.92 Å². The molecule has 0 fully saturated rings.